The minimum absolute atomic E-state index is 0.206. The summed E-state index contributed by atoms with van der Waals surface area (Å²) in [6, 6.07) is 21.3. The molecule has 4 aromatic rings. The van der Waals surface area contributed by atoms with Crippen molar-refractivity contribution in [2.24, 2.45) is 0 Å². The van der Waals surface area contributed by atoms with Crippen LogP contribution >= 0.6 is 0 Å². The molecular formula is C18H12FN. The van der Waals surface area contributed by atoms with Gasteiger partial charge in [-0.2, -0.15) is 0 Å². The standard InChI is InChI=1S/C18H12FN/c19-16-8-5-13(6-9-16)15-11-17-10-7-14-3-1-2-4-18(14)20(17)12-15/h1-12H. The summed E-state index contributed by atoms with van der Waals surface area (Å²) in [4.78, 5) is 0. The van der Waals surface area contributed by atoms with Crippen LogP contribution in [0.15, 0.2) is 72.9 Å². The van der Waals surface area contributed by atoms with E-state index >= 15 is 0 Å². The molecule has 2 aromatic carbocycles. The molecular weight excluding hydrogens is 249 g/mol. The van der Waals surface area contributed by atoms with Gasteiger partial charge in [0.1, 0.15) is 5.82 Å². The second-order valence-electron chi connectivity index (χ2n) is 4.92. The monoisotopic (exact) mass is 261 g/mol. The van der Waals surface area contributed by atoms with Gasteiger partial charge < -0.3 is 4.40 Å². The first kappa shape index (κ1) is 11.2. The number of fused-ring (bicyclic) bond motifs is 3. The van der Waals surface area contributed by atoms with Crippen molar-refractivity contribution in [1.29, 1.82) is 0 Å². The van der Waals surface area contributed by atoms with Crippen molar-refractivity contribution in [3.8, 4) is 11.1 Å². The Bertz CT molecular complexity index is 904. The highest BCUT2D eigenvalue weighted by Gasteiger charge is 2.05. The molecule has 0 aliphatic heterocycles. The van der Waals surface area contributed by atoms with Crippen LogP contribution in [0.1, 0.15) is 0 Å². The van der Waals surface area contributed by atoms with Crippen LogP contribution in [0.4, 0.5) is 4.39 Å². The van der Waals surface area contributed by atoms with Gasteiger partial charge >= 0.3 is 0 Å². The quantitative estimate of drug-likeness (QED) is 0.459. The highest BCUT2D eigenvalue weighted by Crippen LogP contribution is 2.26. The molecule has 2 heteroatoms. The summed E-state index contributed by atoms with van der Waals surface area (Å²) in [6.45, 7) is 0. The van der Waals surface area contributed by atoms with Crippen molar-refractivity contribution in [2.45, 2.75) is 0 Å². The Labute approximate surface area is 115 Å². The lowest BCUT2D eigenvalue weighted by atomic mass is 10.1. The number of aromatic nitrogens is 1. The molecule has 0 saturated heterocycles. The molecule has 0 unspecified atom stereocenters. The van der Waals surface area contributed by atoms with Crippen LogP contribution in [0.3, 0.4) is 0 Å². The molecule has 0 N–H and O–H groups in total. The predicted octanol–water partition coefficient (Wildman–Crippen LogP) is 4.90. The topological polar surface area (TPSA) is 4.41 Å². The van der Waals surface area contributed by atoms with Crippen LogP contribution in [0.5, 0.6) is 0 Å². The molecule has 0 aliphatic carbocycles. The van der Waals surface area contributed by atoms with Gasteiger partial charge in [-0.05, 0) is 41.3 Å². The first-order chi connectivity index (χ1) is 9.81. The lowest BCUT2D eigenvalue weighted by Crippen LogP contribution is -1.84. The number of hydrogen-bond acceptors (Lipinski definition) is 0. The van der Waals surface area contributed by atoms with Crippen molar-refractivity contribution in [2.75, 3.05) is 0 Å². The average Bonchev–Trinajstić information content (AvgIpc) is 2.92. The van der Waals surface area contributed by atoms with Crippen molar-refractivity contribution < 1.29 is 4.39 Å². The fraction of sp³-hybridized carbons (Fsp3) is 0. The molecule has 0 aliphatic rings. The fourth-order valence-corrected chi connectivity index (χ4v) is 2.64. The summed E-state index contributed by atoms with van der Waals surface area (Å²) in [6.07, 6.45) is 2.10. The summed E-state index contributed by atoms with van der Waals surface area (Å²) in [5, 5.41) is 1.21. The SMILES string of the molecule is Fc1ccc(-c2cc3ccc4ccccc4n3c2)cc1. The first-order valence-corrected chi connectivity index (χ1v) is 6.57. The van der Waals surface area contributed by atoms with E-state index < -0.39 is 0 Å². The molecule has 96 valence electrons. The molecule has 0 atom stereocenters. The second kappa shape index (κ2) is 4.20. The summed E-state index contributed by atoms with van der Waals surface area (Å²) in [7, 11) is 0. The molecule has 4 rings (SSSR count). The third-order valence-electron chi connectivity index (χ3n) is 3.66. The largest absolute Gasteiger partial charge is 0.316 e. The lowest BCUT2D eigenvalue weighted by Gasteiger charge is -2.01. The van der Waals surface area contributed by atoms with E-state index in [4.69, 9.17) is 0 Å². The number of benzene rings is 2. The Morgan fingerprint density at radius 2 is 1.55 bits per heavy atom. The predicted molar refractivity (Wildman–Crippen MR) is 80.3 cm³/mol. The Morgan fingerprint density at radius 3 is 2.40 bits per heavy atom. The Balaban J connectivity index is 1.98. The molecule has 0 saturated carbocycles. The molecule has 0 fully saturated rings. The molecule has 0 bridgehead atoms. The van der Waals surface area contributed by atoms with Crippen molar-refractivity contribution in [3.63, 3.8) is 0 Å². The van der Waals surface area contributed by atoms with Gasteiger partial charge in [0.05, 0.1) is 5.52 Å². The van der Waals surface area contributed by atoms with E-state index in [1.165, 1.54) is 23.0 Å². The first-order valence-electron chi connectivity index (χ1n) is 6.57. The molecule has 0 spiro atoms. The van der Waals surface area contributed by atoms with Crippen LogP contribution in [0, 0.1) is 5.82 Å². The van der Waals surface area contributed by atoms with Gasteiger partial charge in [0, 0.05) is 17.3 Å². The number of nitrogens with zero attached hydrogens (tertiary/aromatic N) is 1. The van der Waals surface area contributed by atoms with E-state index in [2.05, 4.69) is 40.9 Å². The van der Waals surface area contributed by atoms with Crippen LogP contribution in [0.25, 0.3) is 27.5 Å². The van der Waals surface area contributed by atoms with E-state index in [1.54, 1.807) is 0 Å². The van der Waals surface area contributed by atoms with Gasteiger partial charge in [-0.3, -0.25) is 0 Å². The molecule has 2 heterocycles. The Morgan fingerprint density at radius 1 is 0.750 bits per heavy atom. The van der Waals surface area contributed by atoms with Gasteiger partial charge in [0.25, 0.3) is 0 Å². The normalized spacial score (nSPS) is 11.2. The molecule has 1 nitrogen and oxygen atoms in total. The van der Waals surface area contributed by atoms with E-state index in [0.717, 1.165) is 16.6 Å². The van der Waals surface area contributed by atoms with E-state index in [1.807, 2.05) is 24.3 Å². The number of halogens is 1. The number of rotatable bonds is 1. The maximum absolute atomic E-state index is 13.0. The lowest BCUT2D eigenvalue weighted by molar-refractivity contribution is 0.628. The van der Waals surface area contributed by atoms with Gasteiger partial charge in [0.15, 0.2) is 0 Å². The molecule has 0 amide bonds. The van der Waals surface area contributed by atoms with Crippen molar-refractivity contribution >= 4 is 16.4 Å². The number of pyridine rings is 1. The minimum Gasteiger partial charge on any atom is -0.316 e. The zero-order chi connectivity index (χ0) is 13.5. The smallest absolute Gasteiger partial charge is 0.123 e. The van der Waals surface area contributed by atoms with Crippen LogP contribution in [-0.2, 0) is 0 Å². The summed E-state index contributed by atoms with van der Waals surface area (Å²) >= 11 is 0. The van der Waals surface area contributed by atoms with Crippen molar-refractivity contribution in [3.05, 3.63) is 78.7 Å². The van der Waals surface area contributed by atoms with Crippen LogP contribution in [0.2, 0.25) is 0 Å². The maximum Gasteiger partial charge on any atom is 0.123 e. The van der Waals surface area contributed by atoms with E-state index in [-0.39, 0.29) is 5.82 Å². The highest BCUT2D eigenvalue weighted by molar-refractivity contribution is 5.85. The third kappa shape index (κ3) is 1.69. The summed E-state index contributed by atoms with van der Waals surface area (Å²) < 4.78 is 15.2. The van der Waals surface area contributed by atoms with Gasteiger partial charge in [0.2, 0.25) is 0 Å². The molecule has 20 heavy (non-hydrogen) atoms. The Hall–Kier alpha value is -2.61. The number of hydrogen-bond donors (Lipinski definition) is 0. The maximum atomic E-state index is 13.0. The second-order valence-corrected chi connectivity index (χ2v) is 4.92. The number of para-hydroxylation sites is 1. The highest BCUT2D eigenvalue weighted by atomic mass is 19.1. The zero-order valence-electron chi connectivity index (χ0n) is 10.8. The zero-order valence-corrected chi connectivity index (χ0v) is 10.8. The van der Waals surface area contributed by atoms with Gasteiger partial charge in [-0.25, -0.2) is 4.39 Å². The van der Waals surface area contributed by atoms with E-state index in [0.29, 0.717) is 0 Å². The fourth-order valence-electron chi connectivity index (χ4n) is 2.64. The van der Waals surface area contributed by atoms with Gasteiger partial charge in [-0.15, -0.1) is 0 Å². The summed E-state index contributed by atoms with van der Waals surface area (Å²) in [5.41, 5.74) is 4.45. The van der Waals surface area contributed by atoms with Crippen LogP contribution < -0.4 is 0 Å². The van der Waals surface area contributed by atoms with E-state index in [9.17, 15) is 4.39 Å². The summed E-state index contributed by atoms with van der Waals surface area (Å²) in [5.74, 6) is -0.206. The average molecular weight is 261 g/mol. The van der Waals surface area contributed by atoms with Crippen LogP contribution in [-0.4, -0.2) is 4.40 Å². The Kier molecular flexibility index (Phi) is 2.36. The molecule has 2 aromatic heterocycles. The van der Waals surface area contributed by atoms with Crippen molar-refractivity contribution in [1.82, 2.24) is 4.40 Å². The van der Waals surface area contributed by atoms with Gasteiger partial charge in [-0.1, -0.05) is 36.4 Å². The minimum atomic E-state index is -0.206. The molecule has 0 radical (unpaired) electrons. The third-order valence-corrected chi connectivity index (χ3v) is 3.66.